The Labute approximate surface area is 185 Å². The first-order valence-corrected chi connectivity index (χ1v) is 11.8. The summed E-state index contributed by atoms with van der Waals surface area (Å²) in [5, 5.41) is 10.2. The standard InChI is InChI=1S/C25H31N5O/c26-17-22-21-9-12-28(18-20-7-3-1-4-8-20)19-23(21)25(30-13-15-31-16-14-30)27-24(22)29-10-5-2-6-11-29/h1,3-4,7-8H,2,5-6,9-16,18-19H2/p+2. The van der Waals surface area contributed by atoms with Crippen LogP contribution in [0.5, 0.6) is 0 Å². The number of aromatic nitrogens is 1. The molecule has 4 heterocycles. The lowest BCUT2D eigenvalue weighted by atomic mass is 9.94. The van der Waals surface area contributed by atoms with Crippen LogP contribution >= 0.6 is 0 Å². The van der Waals surface area contributed by atoms with Crippen LogP contribution in [-0.4, -0.2) is 45.9 Å². The average molecular weight is 420 g/mol. The van der Waals surface area contributed by atoms with Crippen molar-refractivity contribution in [3.05, 3.63) is 52.6 Å². The van der Waals surface area contributed by atoms with Crippen molar-refractivity contribution in [2.24, 2.45) is 0 Å². The quantitative estimate of drug-likeness (QED) is 0.813. The summed E-state index contributed by atoms with van der Waals surface area (Å²) in [5.41, 5.74) is 4.88. The Morgan fingerprint density at radius 2 is 1.68 bits per heavy atom. The molecular formula is C25H33N5O+2. The largest absolute Gasteiger partial charge is 0.375 e. The van der Waals surface area contributed by atoms with E-state index in [0.717, 1.165) is 76.8 Å². The van der Waals surface area contributed by atoms with Gasteiger partial charge in [0, 0.05) is 12.0 Å². The fraction of sp³-hybridized carbons (Fsp3) is 0.520. The Balaban J connectivity index is 1.53. The Morgan fingerprint density at radius 3 is 2.42 bits per heavy atom. The Bertz CT molecular complexity index is 943. The summed E-state index contributed by atoms with van der Waals surface area (Å²) in [6.07, 6.45) is 4.67. The summed E-state index contributed by atoms with van der Waals surface area (Å²) < 4.78 is 5.63. The van der Waals surface area contributed by atoms with Gasteiger partial charge in [-0.15, -0.1) is 0 Å². The molecule has 2 aromatic rings. The molecule has 0 spiro atoms. The molecule has 1 aromatic carbocycles. The third kappa shape index (κ3) is 4.26. The number of fused-ring (bicyclic) bond motifs is 1. The molecule has 1 atom stereocenters. The lowest BCUT2D eigenvalue weighted by Gasteiger charge is -2.33. The second-order valence-corrected chi connectivity index (χ2v) is 9.00. The molecule has 6 heteroatoms. The number of anilines is 2. The Kier molecular flexibility index (Phi) is 6.06. The van der Waals surface area contributed by atoms with Crippen molar-refractivity contribution in [3.8, 4) is 6.07 Å². The summed E-state index contributed by atoms with van der Waals surface area (Å²) in [4.78, 5) is 10.2. The third-order valence-corrected chi connectivity index (χ3v) is 6.99. The number of nitrogens with one attached hydrogen (secondary N) is 2. The highest BCUT2D eigenvalue weighted by Crippen LogP contribution is 2.31. The van der Waals surface area contributed by atoms with E-state index in [0.29, 0.717) is 0 Å². The van der Waals surface area contributed by atoms with E-state index in [4.69, 9.17) is 4.74 Å². The molecule has 2 N–H and O–H groups in total. The lowest BCUT2D eigenvalue weighted by Crippen LogP contribution is -3.10. The monoisotopic (exact) mass is 419 g/mol. The van der Waals surface area contributed by atoms with E-state index in [-0.39, 0.29) is 0 Å². The molecule has 2 fully saturated rings. The van der Waals surface area contributed by atoms with E-state index < -0.39 is 0 Å². The SMILES string of the molecule is N#Cc1c(N2CCCCC2)[nH+]c(N2CCOCC2)c2c1CC[NH+](Cc1ccccc1)C2. The predicted octanol–water partition coefficient (Wildman–Crippen LogP) is 1.34. The van der Waals surface area contributed by atoms with Gasteiger partial charge in [-0.25, -0.2) is 4.98 Å². The Hall–Kier alpha value is -2.62. The number of rotatable bonds is 4. The number of piperidine rings is 1. The molecule has 1 unspecified atom stereocenters. The second-order valence-electron chi connectivity index (χ2n) is 9.00. The van der Waals surface area contributed by atoms with E-state index >= 15 is 0 Å². The topological polar surface area (TPSA) is 58.1 Å². The van der Waals surface area contributed by atoms with Gasteiger partial charge in [0.1, 0.15) is 24.7 Å². The van der Waals surface area contributed by atoms with E-state index in [1.165, 1.54) is 41.8 Å². The van der Waals surface area contributed by atoms with Crippen LogP contribution in [0, 0.1) is 11.3 Å². The highest BCUT2D eigenvalue weighted by Gasteiger charge is 2.35. The molecule has 0 bridgehead atoms. The number of nitriles is 1. The predicted molar refractivity (Wildman–Crippen MR) is 120 cm³/mol. The van der Waals surface area contributed by atoms with Crippen molar-refractivity contribution in [3.63, 3.8) is 0 Å². The third-order valence-electron chi connectivity index (χ3n) is 6.99. The van der Waals surface area contributed by atoms with Gasteiger partial charge < -0.3 is 9.64 Å². The first-order chi connectivity index (χ1) is 15.3. The van der Waals surface area contributed by atoms with Crippen LogP contribution in [0.3, 0.4) is 0 Å². The zero-order valence-electron chi connectivity index (χ0n) is 18.3. The molecule has 2 saturated heterocycles. The highest BCUT2D eigenvalue weighted by molar-refractivity contribution is 5.62. The fourth-order valence-corrected chi connectivity index (χ4v) is 5.36. The van der Waals surface area contributed by atoms with Crippen LogP contribution in [0.15, 0.2) is 30.3 Å². The molecule has 3 aliphatic heterocycles. The normalized spacial score (nSPS) is 21.5. The van der Waals surface area contributed by atoms with Crippen LogP contribution < -0.4 is 19.7 Å². The van der Waals surface area contributed by atoms with Crippen molar-refractivity contribution >= 4 is 11.6 Å². The van der Waals surface area contributed by atoms with Crippen molar-refractivity contribution in [1.82, 2.24) is 0 Å². The minimum absolute atomic E-state index is 0.766. The number of hydrogen-bond donors (Lipinski definition) is 1. The van der Waals surface area contributed by atoms with Gasteiger partial charge in [0.25, 0.3) is 0 Å². The molecule has 6 nitrogen and oxygen atoms in total. The maximum absolute atomic E-state index is 10.2. The molecule has 0 radical (unpaired) electrons. The molecule has 1 aromatic heterocycles. The molecule has 0 saturated carbocycles. The number of ether oxygens (including phenoxy) is 1. The maximum Gasteiger partial charge on any atom is 0.240 e. The molecule has 0 amide bonds. The van der Waals surface area contributed by atoms with Gasteiger partial charge in [-0.3, -0.25) is 9.80 Å². The highest BCUT2D eigenvalue weighted by atomic mass is 16.5. The zero-order valence-corrected chi connectivity index (χ0v) is 18.3. The molecule has 5 rings (SSSR count). The second kappa shape index (κ2) is 9.25. The van der Waals surface area contributed by atoms with E-state index in [1.54, 1.807) is 4.90 Å². The number of hydrogen-bond acceptors (Lipinski definition) is 4. The van der Waals surface area contributed by atoms with Crippen LogP contribution in [0.2, 0.25) is 0 Å². The van der Waals surface area contributed by atoms with Crippen LogP contribution in [-0.2, 0) is 24.2 Å². The molecule has 0 aliphatic carbocycles. The first kappa shape index (κ1) is 20.3. The van der Waals surface area contributed by atoms with Gasteiger partial charge in [0.2, 0.25) is 11.6 Å². The van der Waals surface area contributed by atoms with Gasteiger partial charge in [-0.2, -0.15) is 5.26 Å². The zero-order chi connectivity index (χ0) is 21.0. The summed E-state index contributed by atoms with van der Waals surface area (Å²) in [7, 11) is 0. The molecule has 3 aliphatic rings. The minimum Gasteiger partial charge on any atom is -0.375 e. The van der Waals surface area contributed by atoms with Crippen LogP contribution in [0.4, 0.5) is 11.6 Å². The van der Waals surface area contributed by atoms with Crippen LogP contribution in [0.1, 0.15) is 41.5 Å². The summed E-state index contributed by atoms with van der Waals surface area (Å²) in [6.45, 7) is 8.48. The molecule has 31 heavy (non-hydrogen) atoms. The Morgan fingerprint density at radius 1 is 0.935 bits per heavy atom. The number of benzene rings is 1. The first-order valence-electron chi connectivity index (χ1n) is 11.8. The van der Waals surface area contributed by atoms with Crippen molar-refractivity contribution in [1.29, 1.82) is 5.26 Å². The lowest BCUT2D eigenvalue weighted by molar-refractivity contribution is -0.929. The van der Waals surface area contributed by atoms with E-state index in [9.17, 15) is 5.26 Å². The summed E-state index contributed by atoms with van der Waals surface area (Å²) >= 11 is 0. The average Bonchev–Trinajstić information content (AvgIpc) is 2.84. The molecule has 162 valence electrons. The summed E-state index contributed by atoms with van der Waals surface area (Å²) in [6, 6.07) is 13.4. The van der Waals surface area contributed by atoms with Gasteiger partial charge in [-0.1, -0.05) is 30.3 Å². The van der Waals surface area contributed by atoms with Crippen molar-refractivity contribution in [2.45, 2.75) is 38.8 Å². The number of H-pyrrole nitrogens is 1. The van der Waals surface area contributed by atoms with Gasteiger partial charge in [0.15, 0.2) is 0 Å². The minimum atomic E-state index is 0.766. The van der Waals surface area contributed by atoms with Crippen molar-refractivity contribution in [2.75, 3.05) is 55.7 Å². The summed E-state index contributed by atoms with van der Waals surface area (Å²) in [5.74, 6) is 2.28. The number of nitrogens with zero attached hydrogens (tertiary/aromatic N) is 3. The maximum atomic E-state index is 10.2. The van der Waals surface area contributed by atoms with Crippen molar-refractivity contribution < 1.29 is 14.6 Å². The number of pyridine rings is 1. The molecular weight excluding hydrogens is 386 g/mol. The van der Waals surface area contributed by atoms with E-state index in [1.807, 2.05) is 0 Å². The fourth-order valence-electron chi connectivity index (χ4n) is 5.36. The number of quaternary nitrogens is 1. The van der Waals surface area contributed by atoms with Crippen LogP contribution in [0.25, 0.3) is 0 Å². The van der Waals surface area contributed by atoms with Gasteiger partial charge >= 0.3 is 0 Å². The van der Waals surface area contributed by atoms with E-state index in [2.05, 4.69) is 51.2 Å². The van der Waals surface area contributed by atoms with Gasteiger partial charge in [-0.05, 0) is 24.8 Å². The smallest absolute Gasteiger partial charge is 0.240 e. The van der Waals surface area contributed by atoms with Gasteiger partial charge in [0.05, 0.1) is 51.5 Å². The number of morpholine rings is 1. The number of aromatic amines is 1.